The van der Waals surface area contributed by atoms with E-state index in [4.69, 9.17) is 29.6 Å². The monoisotopic (exact) mass is 386 g/mol. The molecule has 21 heavy (non-hydrogen) atoms. The van der Waals surface area contributed by atoms with Gasteiger partial charge in [0.05, 0.1) is 10.7 Å². The van der Waals surface area contributed by atoms with Crippen LogP contribution in [-0.2, 0) is 0 Å². The van der Waals surface area contributed by atoms with Crippen LogP contribution >= 0.6 is 39.7 Å². The average molecular weight is 388 g/mol. The Morgan fingerprint density at radius 3 is 2.33 bits per heavy atom. The van der Waals surface area contributed by atoms with E-state index >= 15 is 0 Å². The molecule has 2 aromatic rings. The van der Waals surface area contributed by atoms with E-state index in [1.54, 1.807) is 24.3 Å². The normalized spacial score (nSPS) is 10.2. The molecule has 0 bridgehead atoms. The lowest BCUT2D eigenvalue weighted by molar-refractivity contribution is 0.102. The topological polar surface area (TPSA) is 55.1 Å². The summed E-state index contributed by atoms with van der Waals surface area (Å²) in [5, 5.41) is 2.73. The van der Waals surface area contributed by atoms with Gasteiger partial charge in [-0.3, -0.25) is 4.79 Å². The molecule has 0 saturated heterocycles. The number of nitrogens with one attached hydrogen (secondary N) is 1. The third-order valence-electron chi connectivity index (χ3n) is 2.68. The predicted octanol–water partition coefficient (Wildman–Crippen LogP) is 4.13. The number of halogens is 3. The Morgan fingerprint density at radius 2 is 1.81 bits per heavy atom. The van der Waals surface area contributed by atoms with Crippen molar-refractivity contribution in [3.8, 4) is 0 Å². The van der Waals surface area contributed by atoms with Crippen molar-refractivity contribution in [2.75, 3.05) is 5.32 Å². The van der Waals surface area contributed by atoms with Gasteiger partial charge in [0, 0.05) is 15.6 Å². The third-order valence-corrected chi connectivity index (χ3v) is 3.84. The van der Waals surface area contributed by atoms with Crippen LogP contribution in [0.15, 0.2) is 40.9 Å². The highest BCUT2D eigenvalue weighted by Gasteiger charge is 2.13. The van der Waals surface area contributed by atoms with Crippen LogP contribution in [0.1, 0.15) is 15.9 Å². The molecular formula is C14H9BrClFN2OS. The number of hydrogen-bond acceptors (Lipinski definition) is 2. The van der Waals surface area contributed by atoms with Gasteiger partial charge in [-0.2, -0.15) is 0 Å². The van der Waals surface area contributed by atoms with Crippen LogP contribution < -0.4 is 11.1 Å². The van der Waals surface area contributed by atoms with Crippen molar-refractivity contribution in [2.24, 2.45) is 5.73 Å². The fraction of sp³-hybridized carbons (Fsp3) is 0. The van der Waals surface area contributed by atoms with Crippen molar-refractivity contribution >= 4 is 56.3 Å². The summed E-state index contributed by atoms with van der Waals surface area (Å²) in [5.41, 5.74) is 6.87. The Hall–Kier alpha value is -1.50. The van der Waals surface area contributed by atoms with E-state index in [-0.39, 0.29) is 15.9 Å². The van der Waals surface area contributed by atoms with Crippen molar-refractivity contribution in [3.05, 3.63) is 62.8 Å². The van der Waals surface area contributed by atoms with Crippen LogP contribution in [0.2, 0.25) is 5.02 Å². The number of carbonyl (C=O) groups excluding carboxylic acids is 1. The van der Waals surface area contributed by atoms with Crippen molar-refractivity contribution in [2.45, 2.75) is 0 Å². The first-order valence-corrected chi connectivity index (χ1v) is 7.32. The molecule has 0 radical (unpaired) electrons. The van der Waals surface area contributed by atoms with Crippen LogP contribution in [0.25, 0.3) is 0 Å². The van der Waals surface area contributed by atoms with E-state index in [0.29, 0.717) is 21.3 Å². The lowest BCUT2D eigenvalue weighted by atomic mass is 10.1. The smallest absolute Gasteiger partial charge is 0.255 e. The van der Waals surface area contributed by atoms with Crippen molar-refractivity contribution in [3.63, 3.8) is 0 Å². The van der Waals surface area contributed by atoms with E-state index in [0.717, 1.165) is 6.07 Å². The standard InChI is InChI=1S/C14H9BrClFN2OS/c15-10-5-9(17)6-11(16)12(10)19-14(20)8-3-1-7(2-4-8)13(18)21/h1-6H,(H2,18,21)(H,19,20). The lowest BCUT2D eigenvalue weighted by Gasteiger charge is -2.10. The number of benzene rings is 2. The van der Waals surface area contributed by atoms with Crippen molar-refractivity contribution < 1.29 is 9.18 Å². The van der Waals surface area contributed by atoms with E-state index < -0.39 is 5.82 Å². The minimum atomic E-state index is -0.495. The Morgan fingerprint density at radius 1 is 1.24 bits per heavy atom. The molecule has 0 atom stereocenters. The fourth-order valence-corrected chi connectivity index (χ4v) is 2.67. The summed E-state index contributed by atoms with van der Waals surface area (Å²) in [6.45, 7) is 0. The van der Waals surface area contributed by atoms with Crippen LogP contribution in [0.3, 0.4) is 0 Å². The van der Waals surface area contributed by atoms with E-state index in [2.05, 4.69) is 21.2 Å². The zero-order valence-electron chi connectivity index (χ0n) is 10.5. The van der Waals surface area contributed by atoms with Gasteiger partial charge in [-0.15, -0.1) is 0 Å². The second-order valence-corrected chi connectivity index (χ2v) is 5.84. The first-order chi connectivity index (χ1) is 9.88. The summed E-state index contributed by atoms with van der Waals surface area (Å²) in [5.74, 6) is -0.871. The number of hydrogen-bond donors (Lipinski definition) is 2. The highest BCUT2D eigenvalue weighted by atomic mass is 79.9. The summed E-state index contributed by atoms with van der Waals surface area (Å²) in [4.78, 5) is 12.4. The largest absolute Gasteiger partial charge is 0.389 e. The molecule has 7 heteroatoms. The average Bonchev–Trinajstić information content (AvgIpc) is 2.42. The minimum Gasteiger partial charge on any atom is -0.389 e. The maximum absolute atomic E-state index is 13.1. The summed E-state index contributed by atoms with van der Waals surface area (Å²) in [7, 11) is 0. The van der Waals surface area contributed by atoms with Gasteiger partial charge >= 0.3 is 0 Å². The van der Waals surface area contributed by atoms with Crippen LogP contribution in [0.5, 0.6) is 0 Å². The SMILES string of the molecule is NC(=S)c1ccc(C(=O)Nc2c(Cl)cc(F)cc2Br)cc1. The molecule has 0 spiro atoms. The van der Waals surface area contributed by atoms with Crippen molar-refractivity contribution in [1.29, 1.82) is 0 Å². The Labute approximate surface area is 139 Å². The first kappa shape index (κ1) is 15.9. The Bertz CT molecular complexity index is 698. The van der Waals surface area contributed by atoms with Gasteiger partial charge in [0.2, 0.25) is 0 Å². The molecule has 0 heterocycles. The third kappa shape index (κ3) is 3.78. The summed E-state index contributed by atoms with van der Waals surface area (Å²) >= 11 is 13.9. The molecule has 0 aromatic heterocycles. The maximum atomic E-state index is 13.1. The Balaban J connectivity index is 2.24. The zero-order chi connectivity index (χ0) is 15.6. The van der Waals surface area contributed by atoms with Gasteiger partial charge in [0.15, 0.2) is 0 Å². The molecule has 0 aliphatic carbocycles. The molecular weight excluding hydrogens is 379 g/mol. The number of anilines is 1. The highest BCUT2D eigenvalue weighted by molar-refractivity contribution is 9.10. The second-order valence-electron chi connectivity index (χ2n) is 4.14. The molecule has 0 aliphatic heterocycles. The Kier molecular flexibility index (Phi) is 4.92. The summed E-state index contributed by atoms with van der Waals surface area (Å²) in [6.07, 6.45) is 0. The van der Waals surface area contributed by atoms with Gasteiger partial charge in [-0.05, 0) is 40.2 Å². The van der Waals surface area contributed by atoms with Crippen LogP contribution in [-0.4, -0.2) is 10.9 Å². The molecule has 0 fully saturated rings. The van der Waals surface area contributed by atoms with E-state index in [9.17, 15) is 9.18 Å². The lowest BCUT2D eigenvalue weighted by Crippen LogP contribution is -2.14. The van der Waals surface area contributed by atoms with E-state index in [1.165, 1.54) is 6.07 Å². The van der Waals surface area contributed by atoms with Gasteiger partial charge in [-0.25, -0.2) is 4.39 Å². The fourth-order valence-electron chi connectivity index (χ4n) is 1.63. The molecule has 2 rings (SSSR count). The van der Waals surface area contributed by atoms with Crippen molar-refractivity contribution in [1.82, 2.24) is 0 Å². The van der Waals surface area contributed by atoms with Gasteiger partial charge in [-0.1, -0.05) is 36.0 Å². The quantitative estimate of drug-likeness (QED) is 0.779. The maximum Gasteiger partial charge on any atom is 0.255 e. The van der Waals surface area contributed by atoms with Gasteiger partial charge in [0.1, 0.15) is 10.8 Å². The van der Waals surface area contributed by atoms with E-state index in [1.807, 2.05) is 0 Å². The van der Waals surface area contributed by atoms with Crippen LogP contribution in [0.4, 0.5) is 10.1 Å². The number of thiocarbonyl (C=S) groups is 1. The molecule has 0 saturated carbocycles. The number of amides is 1. The predicted molar refractivity (Wildman–Crippen MR) is 89.4 cm³/mol. The van der Waals surface area contributed by atoms with Gasteiger partial charge < -0.3 is 11.1 Å². The van der Waals surface area contributed by atoms with Gasteiger partial charge in [0.25, 0.3) is 5.91 Å². The van der Waals surface area contributed by atoms with Crippen LogP contribution in [0, 0.1) is 5.82 Å². The molecule has 0 aliphatic rings. The number of carbonyl (C=O) groups is 1. The number of rotatable bonds is 3. The number of nitrogens with two attached hydrogens (primary N) is 1. The second kappa shape index (κ2) is 6.51. The molecule has 108 valence electrons. The molecule has 3 nitrogen and oxygen atoms in total. The zero-order valence-corrected chi connectivity index (χ0v) is 13.7. The highest BCUT2D eigenvalue weighted by Crippen LogP contribution is 2.32. The molecule has 0 unspecified atom stereocenters. The summed E-state index contributed by atoms with van der Waals surface area (Å²) in [6, 6.07) is 8.83. The molecule has 2 aromatic carbocycles. The first-order valence-electron chi connectivity index (χ1n) is 5.74. The minimum absolute atomic E-state index is 0.106. The molecule has 1 amide bonds. The summed E-state index contributed by atoms with van der Waals surface area (Å²) < 4.78 is 13.5. The molecule has 3 N–H and O–H groups in total.